The van der Waals surface area contributed by atoms with Crippen LogP contribution in [0.15, 0.2) is 107 Å². The molecule has 0 saturated heterocycles. The fourth-order valence-electron chi connectivity index (χ4n) is 4.94. The molecule has 47 heavy (non-hydrogen) atoms. The second-order valence-electron chi connectivity index (χ2n) is 12.8. The molecule has 0 heterocycles. The smallest absolute Gasteiger partial charge is 0.872 e. The van der Waals surface area contributed by atoms with Gasteiger partial charge in [0.05, 0.1) is 0 Å². The minimum absolute atomic E-state index is 0. The van der Waals surface area contributed by atoms with E-state index in [1.165, 1.54) is 86.4 Å². The van der Waals surface area contributed by atoms with Gasteiger partial charge in [-0.25, -0.2) is 0 Å². The van der Waals surface area contributed by atoms with Crippen molar-refractivity contribution in [3.05, 3.63) is 108 Å². The standard InChI is InChI=1S/2C14H22O.C12H10O2S.Li.Ni.H/c2*1-4-5-6-11-14(2,3)12-7-9-13(15)10-8-12;13-9-5-1-3-7-11(9)15-12-8-4-2-6-10(12)14;;;/h2*7-10,15H,4-6,11H2,1-3H3;1-8,13-14H;;;/q;;;;+2;/p-2. The summed E-state index contributed by atoms with van der Waals surface area (Å²) in [6.45, 7) is 13.6. The maximum absolute atomic E-state index is 11.4. The molecule has 4 rings (SSSR count). The molecular formula is C40H53LiNiO4S. The van der Waals surface area contributed by atoms with Crippen molar-refractivity contribution in [1.82, 2.24) is 0 Å². The molecule has 0 aromatic heterocycles. The third-order valence-corrected chi connectivity index (χ3v) is 9.14. The van der Waals surface area contributed by atoms with E-state index in [0.29, 0.717) is 21.3 Å². The summed E-state index contributed by atoms with van der Waals surface area (Å²) < 4.78 is 0. The maximum Gasteiger partial charge on any atom is 2.00 e. The van der Waals surface area contributed by atoms with E-state index in [2.05, 4.69) is 41.5 Å². The average molecular weight is 696 g/mol. The van der Waals surface area contributed by atoms with Gasteiger partial charge in [0.25, 0.3) is 0 Å². The second kappa shape index (κ2) is 23.0. The number of phenols is 2. The number of rotatable bonds is 12. The molecule has 0 amide bonds. The number of aromatic hydroxyl groups is 2. The fraction of sp³-hybridized carbons (Fsp3) is 0.400. The first kappa shape index (κ1) is 44.5. The van der Waals surface area contributed by atoms with Gasteiger partial charge in [0.1, 0.15) is 11.5 Å². The van der Waals surface area contributed by atoms with Gasteiger partial charge in [0.2, 0.25) is 0 Å². The van der Waals surface area contributed by atoms with Crippen LogP contribution in [0.2, 0.25) is 0 Å². The van der Waals surface area contributed by atoms with Crippen LogP contribution in [0.4, 0.5) is 0 Å². The van der Waals surface area contributed by atoms with Crippen LogP contribution in [0.25, 0.3) is 0 Å². The number of hydrogen-bond acceptors (Lipinski definition) is 5. The molecule has 0 aliphatic rings. The van der Waals surface area contributed by atoms with Crippen LogP contribution in [-0.2, 0) is 27.3 Å². The third-order valence-electron chi connectivity index (χ3n) is 8.03. The Morgan fingerprint density at radius 2 is 0.851 bits per heavy atom. The normalized spacial score (nSPS) is 10.7. The van der Waals surface area contributed by atoms with E-state index in [9.17, 15) is 20.4 Å². The van der Waals surface area contributed by atoms with Crippen molar-refractivity contribution >= 4 is 30.6 Å². The number of benzene rings is 4. The summed E-state index contributed by atoms with van der Waals surface area (Å²) in [5.74, 6) is 0.600. The number of unbranched alkanes of at least 4 members (excludes halogenated alkanes) is 4. The molecule has 0 saturated carbocycles. The predicted molar refractivity (Wildman–Crippen MR) is 194 cm³/mol. The Balaban J connectivity index is 0.000000661. The zero-order chi connectivity index (χ0) is 33.3. The van der Waals surface area contributed by atoms with Crippen molar-refractivity contribution in [2.45, 2.75) is 114 Å². The molecule has 254 valence electrons. The van der Waals surface area contributed by atoms with Crippen LogP contribution in [0.3, 0.4) is 0 Å². The van der Waals surface area contributed by atoms with Gasteiger partial charge in [-0.2, -0.15) is 0 Å². The number of phenolic OH excluding ortho intramolecular Hbond substituents is 2. The van der Waals surface area contributed by atoms with Crippen LogP contribution in [0.5, 0.6) is 23.0 Å². The van der Waals surface area contributed by atoms with Gasteiger partial charge in [-0.1, -0.05) is 164 Å². The summed E-state index contributed by atoms with van der Waals surface area (Å²) in [4.78, 5) is 1.17. The van der Waals surface area contributed by atoms with Crippen LogP contribution < -0.4 is 10.2 Å². The molecule has 4 aromatic carbocycles. The van der Waals surface area contributed by atoms with Crippen LogP contribution in [0.1, 0.15) is 104 Å². The summed E-state index contributed by atoms with van der Waals surface area (Å²) in [5.41, 5.74) is 3.08. The molecule has 7 heteroatoms. The summed E-state index contributed by atoms with van der Waals surface area (Å²) in [6.07, 6.45) is 10.1. The van der Waals surface area contributed by atoms with E-state index in [-0.39, 0.29) is 57.7 Å². The van der Waals surface area contributed by atoms with Gasteiger partial charge in [-0.15, -0.1) is 0 Å². The van der Waals surface area contributed by atoms with Gasteiger partial charge in [0.15, 0.2) is 0 Å². The minimum atomic E-state index is -0.0502. The molecule has 0 aliphatic carbocycles. The van der Waals surface area contributed by atoms with Crippen molar-refractivity contribution in [2.75, 3.05) is 0 Å². The Morgan fingerprint density at radius 3 is 1.15 bits per heavy atom. The minimum Gasteiger partial charge on any atom is -0.872 e. The fourth-order valence-corrected chi connectivity index (χ4v) is 5.80. The Hall–Kier alpha value is -2.48. The summed E-state index contributed by atoms with van der Waals surface area (Å²) in [7, 11) is 0. The third kappa shape index (κ3) is 16.5. The first-order valence-corrected chi connectivity index (χ1v) is 17.0. The van der Waals surface area contributed by atoms with Crippen molar-refractivity contribution < 1.29 is 36.9 Å². The van der Waals surface area contributed by atoms with E-state index >= 15 is 0 Å². The van der Waals surface area contributed by atoms with Crippen LogP contribution in [0, 0.1) is 0 Å². The van der Waals surface area contributed by atoms with Gasteiger partial charge in [-0.05, 0) is 71.2 Å². The molecule has 0 bridgehead atoms. The Labute approximate surface area is 310 Å². The Kier molecular flexibility index (Phi) is 21.8. The van der Waals surface area contributed by atoms with E-state index in [0.717, 1.165) is 0 Å². The predicted octanol–water partition coefficient (Wildman–Crippen LogP) is 9.83. The second-order valence-corrected chi connectivity index (χ2v) is 13.9. The Bertz CT molecular complexity index is 1290. The van der Waals surface area contributed by atoms with Gasteiger partial charge < -0.3 is 20.4 Å². The molecule has 4 aromatic rings. The largest absolute Gasteiger partial charge is 2.00 e. The molecule has 0 radical (unpaired) electrons. The molecule has 0 atom stereocenters. The van der Waals surface area contributed by atoms with Gasteiger partial charge in [0, 0.05) is 9.79 Å². The van der Waals surface area contributed by atoms with E-state index in [4.69, 9.17) is 0 Å². The van der Waals surface area contributed by atoms with Crippen LogP contribution >= 0.6 is 11.8 Å². The zero-order valence-corrected chi connectivity index (χ0v) is 30.1. The van der Waals surface area contributed by atoms with Crippen LogP contribution in [-0.4, -0.2) is 29.1 Å². The molecule has 0 spiro atoms. The molecule has 0 fully saturated rings. The van der Waals surface area contributed by atoms with Gasteiger partial charge in [-0.3, -0.25) is 0 Å². The zero-order valence-electron chi connectivity index (χ0n) is 28.3. The van der Waals surface area contributed by atoms with E-state index in [1.54, 1.807) is 60.7 Å². The molecule has 4 nitrogen and oxygen atoms in total. The monoisotopic (exact) mass is 694 g/mol. The molecular weight excluding hydrogens is 642 g/mol. The first-order valence-electron chi connectivity index (χ1n) is 16.2. The Morgan fingerprint density at radius 1 is 0.532 bits per heavy atom. The number of para-hydroxylation sites is 2. The molecule has 0 aliphatic heterocycles. The van der Waals surface area contributed by atoms with Crippen molar-refractivity contribution in [2.24, 2.45) is 0 Å². The topological polar surface area (TPSA) is 86.6 Å². The summed E-state index contributed by atoms with van der Waals surface area (Å²) >= 11 is 1.22. The van der Waals surface area contributed by atoms with Crippen molar-refractivity contribution in [3.8, 4) is 23.0 Å². The quantitative estimate of drug-likeness (QED) is 0.114. The summed E-state index contributed by atoms with van der Waals surface area (Å²) in [6, 6.07) is 28.6. The molecule has 2 N–H and O–H groups in total. The van der Waals surface area contributed by atoms with Crippen molar-refractivity contribution in [3.63, 3.8) is 0 Å². The SMILES string of the molecule is CCCCCC(C)(C)c1ccc(O)cc1.CCCCCC(C)(C)c1ccc(O)cc1.[LiH].[Ni+2].[O-]c1ccccc1Sc1ccccc1[O-]. The average Bonchev–Trinajstić information content (AvgIpc) is 3.01. The number of hydrogen-bond donors (Lipinski definition) is 2. The van der Waals surface area contributed by atoms with Gasteiger partial charge >= 0.3 is 35.4 Å². The summed E-state index contributed by atoms with van der Waals surface area (Å²) in [5, 5.41) is 41.3. The molecule has 0 unspecified atom stereocenters. The van der Waals surface area contributed by atoms with Crippen molar-refractivity contribution in [1.29, 1.82) is 0 Å². The first-order chi connectivity index (χ1) is 21.4. The van der Waals surface area contributed by atoms with E-state index < -0.39 is 0 Å². The van der Waals surface area contributed by atoms with E-state index in [1.807, 2.05) is 24.3 Å². The maximum atomic E-state index is 11.4.